The van der Waals surface area contributed by atoms with Crippen LogP contribution >= 0.6 is 11.8 Å². The van der Waals surface area contributed by atoms with Gasteiger partial charge in [0.2, 0.25) is 5.91 Å². The van der Waals surface area contributed by atoms with Gasteiger partial charge in [0.25, 0.3) is 5.91 Å². The van der Waals surface area contributed by atoms with Gasteiger partial charge in [0.05, 0.1) is 18.2 Å². The van der Waals surface area contributed by atoms with Crippen LogP contribution in [0.1, 0.15) is 44.0 Å². The van der Waals surface area contributed by atoms with Crippen LogP contribution in [-0.2, 0) is 9.53 Å². The summed E-state index contributed by atoms with van der Waals surface area (Å²) in [6, 6.07) is 7.68. The molecule has 1 fully saturated rings. The van der Waals surface area contributed by atoms with Crippen LogP contribution in [0.25, 0.3) is 0 Å². The van der Waals surface area contributed by atoms with Gasteiger partial charge in [-0.05, 0) is 45.7 Å². The first kappa shape index (κ1) is 19.8. The first-order chi connectivity index (χ1) is 12.0. The number of thioether (sulfide) groups is 1. The van der Waals surface area contributed by atoms with E-state index < -0.39 is 0 Å². The van der Waals surface area contributed by atoms with Crippen LogP contribution in [0.4, 0.5) is 0 Å². The number of ether oxygens (including phenoxy) is 1. The maximum absolute atomic E-state index is 12.9. The third-order valence-corrected chi connectivity index (χ3v) is 5.22. The summed E-state index contributed by atoms with van der Waals surface area (Å²) in [5.41, 5.74) is 0.657. The Kier molecular flexibility index (Phi) is 7.78. The summed E-state index contributed by atoms with van der Waals surface area (Å²) in [7, 11) is 0. The molecule has 1 N–H and O–H groups in total. The molecular weight excluding hydrogens is 336 g/mol. The first-order valence-corrected chi connectivity index (χ1v) is 9.91. The molecule has 1 heterocycles. The Morgan fingerprint density at radius 3 is 2.76 bits per heavy atom. The lowest BCUT2D eigenvalue weighted by Crippen LogP contribution is -2.42. The predicted molar refractivity (Wildman–Crippen MR) is 101 cm³/mol. The van der Waals surface area contributed by atoms with E-state index in [9.17, 15) is 9.59 Å². The van der Waals surface area contributed by atoms with Gasteiger partial charge in [-0.2, -0.15) is 0 Å². The number of rotatable bonds is 8. The second kappa shape index (κ2) is 9.82. The molecule has 0 aromatic heterocycles. The van der Waals surface area contributed by atoms with Crippen molar-refractivity contribution in [1.29, 1.82) is 0 Å². The number of hydrogen-bond donors (Lipinski definition) is 1. The van der Waals surface area contributed by atoms with Crippen LogP contribution in [-0.4, -0.2) is 54.3 Å². The van der Waals surface area contributed by atoms with E-state index in [1.165, 1.54) is 0 Å². The fraction of sp³-hybridized carbons (Fsp3) is 0.579. The number of carbonyl (C=O) groups is 2. The zero-order chi connectivity index (χ0) is 18.2. The van der Waals surface area contributed by atoms with Gasteiger partial charge in [-0.1, -0.05) is 12.1 Å². The lowest BCUT2D eigenvalue weighted by molar-refractivity contribution is -0.122. The standard InChI is InChI=1S/C19H28N2O3S/c1-4-21(12-18(22)20-14(2)3)19(23)16-9-5-6-10-17(16)25-13-15-8-7-11-24-15/h5-6,9-10,14-15H,4,7-8,11-13H2,1-3H3,(H,20,22). The Morgan fingerprint density at radius 1 is 1.36 bits per heavy atom. The summed E-state index contributed by atoms with van der Waals surface area (Å²) in [6.45, 7) is 7.12. The fourth-order valence-corrected chi connectivity index (χ4v) is 3.88. The maximum atomic E-state index is 12.9. The largest absolute Gasteiger partial charge is 0.377 e. The van der Waals surface area contributed by atoms with Gasteiger partial charge >= 0.3 is 0 Å². The lowest BCUT2D eigenvalue weighted by atomic mass is 10.2. The molecule has 0 bridgehead atoms. The Bertz CT molecular complexity index is 586. The molecule has 5 nitrogen and oxygen atoms in total. The van der Waals surface area contributed by atoms with Gasteiger partial charge in [-0.15, -0.1) is 11.8 Å². The van der Waals surface area contributed by atoms with Crippen molar-refractivity contribution in [3.63, 3.8) is 0 Å². The molecule has 25 heavy (non-hydrogen) atoms. The average Bonchev–Trinajstić information content (AvgIpc) is 3.10. The van der Waals surface area contributed by atoms with Crippen molar-refractivity contribution in [2.24, 2.45) is 0 Å². The van der Waals surface area contributed by atoms with Crippen molar-refractivity contribution in [2.75, 3.05) is 25.4 Å². The van der Waals surface area contributed by atoms with E-state index in [2.05, 4.69) is 5.32 Å². The monoisotopic (exact) mass is 364 g/mol. The highest BCUT2D eigenvalue weighted by Gasteiger charge is 2.22. The molecule has 1 aliphatic rings. The molecule has 1 aromatic carbocycles. The molecule has 1 aromatic rings. The van der Waals surface area contributed by atoms with Crippen LogP contribution in [0.3, 0.4) is 0 Å². The van der Waals surface area contributed by atoms with Gasteiger partial charge in [0.15, 0.2) is 0 Å². The van der Waals surface area contributed by atoms with Crippen LogP contribution in [0.5, 0.6) is 0 Å². The van der Waals surface area contributed by atoms with Gasteiger partial charge < -0.3 is 15.0 Å². The summed E-state index contributed by atoms with van der Waals surface area (Å²) >= 11 is 1.66. The number of benzene rings is 1. The second-order valence-corrected chi connectivity index (χ2v) is 7.55. The highest BCUT2D eigenvalue weighted by atomic mass is 32.2. The van der Waals surface area contributed by atoms with E-state index in [0.29, 0.717) is 12.1 Å². The minimum atomic E-state index is -0.130. The molecule has 1 saturated heterocycles. The van der Waals surface area contributed by atoms with E-state index in [0.717, 1.165) is 30.1 Å². The molecule has 1 aliphatic heterocycles. The van der Waals surface area contributed by atoms with Crippen molar-refractivity contribution in [3.8, 4) is 0 Å². The molecule has 2 amide bonds. The van der Waals surface area contributed by atoms with Crippen LogP contribution in [0.15, 0.2) is 29.2 Å². The zero-order valence-corrected chi connectivity index (χ0v) is 16.1. The molecule has 138 valence electrons. The van der Waals surface area contributed by atoms with E-state index >= 15 is 0 Å². The van der Waals surface area contributed by atoms with Gasteiger partial charge in [-0.25, -0.2) is 0 Å². The minimum absolute atomic E-state index is 0.0653. The van der Waals surface area contributed by atoms with Crippen LogP contribution in [0, 0.1) is 0 Å². The predicted octanol–water partition coefficient (Wildman–Crippen LogP) is 2.94. The van der Waals surface area contributed by atoms with E-state index in [4.69, 9.17) is 4.74 Å². The Morgan fingerprint density at radius 2 is 2.12 bits per heavy atom. The minimum Gasteiger partial charge on any atom is -0.377 e. The molecule has 0 aliphatic carbocycles. The summed E-state index contributed by atoms with van der Waals surface area (Å²) in [4.78, 5) is 27.5. The topological polar surface area (TPSA) is 58.6 Å². The zero-order valence-electron chi connectivity index (χ0n) is 15.3. The quantitative estimate of drug-likeness (QED) is 0.721. The molecule has 0 spiro atoms. The molecule has 1 unspecified atom stereocenters. The highest BCUT2D eigenvalue weighted by molar-refractivity contribution is 7.99. The lowest BCUT2D eigenvalue weighted by Gasteiger charge is -2.22. The molecule has 0 radical (unpaired) electrons. The highest BCUT2D eigenvalue weighted by Crippen LogP contribution is 2.27. The Hall–Kier alpha value is -1.53. The summed E-state index contributed by atoms with van der Waals surface area (Å²) < 4.78 is 5.66. The molecule has 6 heteroatoms. The Balaban J connectivity index is 2.04. The first-order valence-electron chi connectivity index (χ1n) is 8.93. The number of nitrogens with zero attached hydrogens (tertiary/aromatic N) is 1. The molecule has 2 rings (SSSR count). The van der Waals surface area contributed by atoms with Crippen molar-refractivity contribution in [1.82, 2.24) is 10.2 Å². The summed E-state index contributed by atoms with van der Waals surface area (Å²) in [5, 5.41) is 2.84. The van der Waals surface area contributed by atoms with E-state index in [1.807, 2.05) is 45.0 Å². The number of likely N-dealkylation sites (N-methyl/N-ethyl adjacent to an activating group) is 1. The van der Waals surface area contributed by atoms with Crippen LogP contribution in [0.2, 0.25) is 0 Å². The SMILES string of the molecule is CCN(CC(=O)NC(C)C)C(=O)c1ccccc1SCC1CCCO1. The van der Waals surface area contributed by atoms with Crippen LogP contribution < -0.4 is 5.32 Å². The van der Waals surface area contributed by atoms with Gasteiger partial charge in [-0.3, -0.25) is 9.59 Å². The Labute approximate surface area is 154 Å². The normalized spacial score (nSPS) is 16.9. The number of amides is 2. The maximum Gasteiger partial charge on any atom is 0.255 e. The summed E-state index contributed by atoms with van der Waals surface area (Å²) in [6.07, 6.45) is 2.47. The average molecular weight is 365 g/mol. The van der Waals surface area contributed by atoms with Crippen molar-refractivity contribution >= 4 is 23.6 Å². The smallest absolute Gasteiger partial charge is 0.255 e. The van der Waals surface area contributed by atoms with E-state index in [-0.39, 0.29) is 30.5 Å². The fourth-order valence-electron chi connectivity index (χ4n) is 2.77. The van der Waals surface area contributed by atoms with E-state index in [1.54, 1.807) is 16.7 Å². The van der Waals surface area contributed by atoms with Crippen molar-refractivity contribution in [3.05, 3.63) is 29.8 Å². The molecule has 0 saturated carbocycles. The van der Waals surface area contributed by atoms with Gasteiger partial charge in [0, 0.05) is 29.8 Å². The van der Waals surface area contributed by atoms with Gasteiger partial charge in [0.1, 0.15) is 0 Å². The third kappa shape index (κ3) is 6.04. The number of carbonyl (C=O) groups excluding carboxylic acids is 2. The second-order valence-electron chi connectivity index (χ2n) is 6.48. The van der Waals surface area contributed by atoms with Crippen molar-refractivity contribution < 1.29 is 14.3 Å². The number of nitrogens with one attached hydrogen (secondary N) is 1. The molecule has 1 atom stereocenters. The number of hydrogen-bond acceptors (Lipinski definition) is 4. The summed E-state index contributed by atoms with van der Waals surface area (Å²) in [5.74, 6) is 0.621. The van der Waals surface area contributed by atoms with Crippen molar-refractivity contribution in [2.45, 2.75) is 50.7 Å². The molecular formula is C19H28N2O3S. The third-order valence-electron chi connectivity index (χ3n) is 4.02.